The number of aryl methyl sites for hydroxylation is 1. The minimum atomic E-state index is -0.658. The monoisotopic (exact) mass is 395 g/mol. The second kappa shape index (κ2) is 7.23. The zero-order chi connectivity index (χ0) is 20.5. The Morgan fingerprint density at radius 1 is 1.24 bits per heavy atom. The highest BCUT2D eigenvalue weighted by Gasteiger charge is 2.24. The van der Waals surface area contributed by atoms with Crippen LogP contribution in [0, 0.1) is 6.92 Å². The number of fused-ring (bicyclic) bond motifs is 1. The number of esters is 1. The Kier molecular flexibility index (Phi) is 4.59. The fourth-order valence-electron chi connectivity index (χ4n) is 3.05. The molecule has 3 aromatic heterocycles. The van der Waals surface area contributed by atoms with Crippen LogP contribution in [0.15, 0.2) is 44.1 Å². The topological polar surface area (TPSA) is 139 Å². The number of ether oxygens (including phenoxy) is 1. The van der Waals surface area contributed by atoms with Gasteiger partial charge in [-0.3, -0.25) is 4.52 Å². The maximum Gasteiger partial charge on any atom is 0.442 e. The van der Waals surface area contributed by atoms with Crippen LogP contribution in [-0.4, -0.2) is 32.3 Å². The summed E-state index contributed by atoms with van der Waals surface area (Å²) in [6, 6.07) is 9.09. The molecule has 0 amide bonds. The van der Waals surface area contributed by atoms with Gasteiger partial charge in [0.15, 0.2) is 11.6 Å². The third kappa shape index (κ3) is 3.24. The molecule has 1 aromatic carbocycles. The van der Waals surface area contributed by atoms with Gasteiger partial charge in [0.1, 0.15) is 17.1 Å². The van der Waals surface area contributed by atoms with Gasteiger partial charge in [0.2, 0.25) is 5.71 Å². The summed E-state index contributed by atoms with van der Waals surface area (Å²) in [5, 5.41) is 4.12. The lowest BCUT2D eigenvalue weighted by Crippen LogP contribution is -2.18. The highest BCUT2D eigenvalue weighted by atomic mass is 16.5. The van der Waals surface area contributed by atoms with Gasteiger partial charge in [0, 0.05) is 5.56 Å². The molecule has 4 rings (SSSR count). The zero-order valence-electron chi connectivity index (χ0n) is 15.7. The highest BCUT2D eigenvalue weighted by Crippen LogP contribution is 2.29. The first-order valence-electron chi connectivity index (χ1n) is 8.84. The summed E-state index contributed by atoms with van der Waals surface area (Å²) in [6.45, 7) is 3.49. The number of hydrogen-bond donors (Lipinski definition) is 1. The summed E-state index contributed by atoms with van der Waals surface area (Å²) in [5.74, 6) is -0.302. The molecule has 0 aliphatic rings. The molecule has 0 saturated carbocycles. The highest BCUT2D eigenvalue weighted by molar-refractivity contribution is 6.07. The number of nitrogens with zero attached hydrogens (tertiary/aromatic N) is 4. The van der Waals surface area contributed by atoms with Gasteiger partial charge < -0.3 is 14.9 Å². The van der Waals surface area contributed by atoms with Crippen molar-refractivity contribution >= 4 is 22.9 Å². The molecule has 0 fully saturated rings. The van der Waals surface area contributed by atoms with E-state index in [-0.39, 0.29) is 41.5 Å². The average molecular weight is 395 g/mol. The number of hydrogen-bond acceptors (Lipinski definition) is 9. The van der Waals surface area contributed by atoms with Crippen molar-refractivity contribution in [1.82, 2.24) is 19.7 Å². The fraction of sp³-hybridized carbons (Fsp3) is 0.211. The van der Waals surface area contributed by atoms with Crippen LogP contribution in [0.5, 0.6) is 0 Å². The van der Waals surface area contributed by atoms with Crippen molar-refractivity contribution in [3.8, 4) is 11.4 Å². The Bertz CT molecular complexity index is 1260. The first-order valence-corrected chi connectivity index (χ1v) is 8.84. The minimum absolute atomic E-state index is 0.0405. The van der Waals surface area contributed by atoms with Crippen LogP contribution in [0.25, 0.3) is 22.5 Å². The summed E-state index contributed by atoms with van der Waals surface area (Å²) >= 11 is 0. The maximum atomic E-state index is 12.2. The molecular weight excluding hydrogens is 378 g/mol. The van der Waals surface area contributed by atoms with E-state index in [0.717, 1.165) is 0 Å². The van der Waals surface area contributed by atoms with Crippen LogP contribution < -0.4 is 11.5 Å². The molecule has 10 nitrogen and oxygen atoms in total. The lowest BCUT2D eigenvalue weighted by molar-refractivity contribution is 0.0526. The number of rotatable bonds is 5. The lowest BCUT2D eigenvalue weighted by Gasteiger charge is -2.05. The quantitative estimate of drug-likeness (QED) is 0.503. The number of carbonyl (C=O) groups excluding carboxylic acids is 1. The van der Waals surface area contributed by atoms with E-state index in [9.17, 15) is 9.59 Å². The maximum absolute atomic E-state index is 12.2. The van der Waals surface area contributed by atoms with Crippen LogP contribution in [0.4, 0.5) is 5.82 Å². The minimum Gasteiger partial charge on any atom is -0.462 e. The van der Waals surface area contributed by atoms with Crippen molar-refractivity contribution < 1.29 is 18.5 Å². The zero-order valence-corrected chi connectivity index (χ0v) is 15.7. The Labute approximate surface area is 163 Å². The number of aromatic nitrogens is 4. The normalized spacial score (nSPS) is 11.1. The number of furan rings is 1. The Balaban J connectivity index is 1.77. The largest absolute Gasteiger partial charge is 0.462 e. The molecule has 3 heterocycles. The van der Waals surface area contributed by atoms with Gasteiger partial charge in [-0.15, -0.1) is 0 Å². The van der Waals surface area contributed by atoms with Gasteiger partial charge >= 0.3 is 11.7 Å². The Hall–Kier alpha value is -3.95. The van der Waals surface area contributed by atoms with E-state index in [1.165, 1.54) is 4.57 Å². The summed E-state index contributed by atoms with van der Waals surface area (Å²) in [7, 11) is 0. The van der Waals surface area contributed by atoms with Gasteiger partial charge in [0.25, 0.3) is 0 Å². The molecule has 2 N–H and O–H groups in total. The van der Waals surface area contributed by atoms with Crippen LogP contribution in [0.1, 0.15) is 28.9 Å². The first kappa shape index (κ1) is 18.4. The average Bonchev–Trinajstić information content (AvgIpc) is 3.22. The Morgan fingerprint density at radius 2 is 2.00 bits per heavy atom. The summed E-state index contributed by atoms with van der Waals surface area (Å²) in [4.78, 5) is 32.9. The predicted molar refractivity (Wildman–Crippen MR) is 102 cm³/mol. The molecule has 29 heavy (non-hydrogen) atoms. The summed E-state index contributed by atoms with van der Waals surface area (Å²) in [6.07, 6.45) is 0. The lowest BCUT2D eigenvalue weighted by atomic mass is 10.2. The number of nitrogens with two attached hydrogens (primary N) is 1. The smallest absolute Gasteiger partial charge is 0.442 e. The van der Waals surface area contributed by atoms with E-state index < -0.39 is 11.7 Å². The molecule has 10 heteroatoms. The molecule has 0 spiro atoms. The van der Waals surface area contributed by atoms with E-state index in [4.69, 9.17) is 19.4 Å². The molecule has 0 unspecified atom stereocenters. The molecule has 0 bridgehead atoms. The van der Waals surface area contributed by atoms with Crippen molar-refractivity contribution in [1.29, 1.82) is 0 Å². The molecule has 0 aliphatic carbocycles. The third-order valence-electron chi connectivity index (χ3n) is 4.30. The number of benzene rings is 1. The van der Waals surface area contributed by atoms with Gasteiger partial charge in [-0.05, 0) is 13.8 Å². The summed E-state index contributed by atoms with van der Waals surface area (Å²) in [5.41, 5.74) is 7.11. The van der Waals surface area contributed by atoms with E-state index >= 15 is 0 Å². The van der Waals surface area contributed by atoms with Crippen molar-refractivity contribution in [2.24, 2.45) is 0 Å². The molecule has 0 saturated heterocycles. The van der Waals surface area contributed by atoms with Crippen molar-refractivity contribution in [3.63, 3.8) is 0 Å². The van der Waals surface area contributed by atoms with Crippen LogP contribution in [-0.2, 0) is 11.3 Å². The first-order chi connectivity index (χ1) is 14.0. The van der Waals surface area contributed by atoms with Crippen molar-refractivity contribution in [2.45, 2.75) is 20.4 Å². The fourth-order valence-corrected chi connectivity index (χ4v) is 3.05. The van der Waals surface area contributed by atoms with Crippen LogP contribution in [0.3, 0.4) is 0 Å². The van der Waals surface area contributed by atoms with E-state index in [2.05, 4.69) is 15.1 Å². The molecule has 4 aromatic rings. The molecule has 0 atom stereocenters. The van der Waals surface area contributed by atoms with Gasteiger partial charge in [-0.1, -0.05) is 35.5 Å². The van der Waals surface area contributed by atoms with Gasteiger partial charge in [0.05, 0.1) is 18.5 Å². The van der Waals surface area contributed by atoms with Crippen LogP contribution >= 0.6 is 0 Å². The SMILES string of the molecule is CCOC(=O)c1c(C)oc2nc(Cn3c(-c4ccccc4)noc3=O)nc(N)c12. The number of nitrogen functional groups attached to an aromatic ring is 1. The molecule has 148 valence electrons. The molecule has 0 radical (unpaired) electrons. The number of carbonyl (C=O) groups is 1. The summed E-state index contributed by atoms with van der Waals surface area (Å²) < 4.78 is 16.7. The Morgan fingerprint density at radius 3 is 2.72 bits per heavy atom. The third-order valence-corrected chi connectivity index (χ3v) is 4.30. The predicted octanol–water partition coefficient (Wildman–Crippen LogP) is 2.16. The molecule has 0 aliphatic heterocycles. The molecular formula is C19H17N5O5. The van der Waals surface area contributed by atoms with E-state index in [0.29, 0.717) is 17.1 Å². The van der Waals surface area contributed by atoms with Gasteiger partial charge in [-0.2, -0.15) is 4.98 Å². The van der Waals surface area contributed by atoms with E-state index in [1.807, 2.05) is 18.2 Å². The van der Waals surface area contributed by atoms with Crippen molar-refractivity contribution in [3.05, 3.63) is 58.0 Å². The standard InChI is InChI=1S/C19H17N5O5/c1-3-27-18(25)13-10(2)28-17-14(13)15(20)21-12(22-17)9-24-16(23-29-19(24)26)11-7-5-4-6-8-11/h4-8H,3,9H2,1-2H3,(H2,20,21,22). The van der Waals surface area contributed by atoms with Crippen LogP contribution in [0.2, 0.25) is 0 Å². The second-order valence-corrected chi connectivity index (χ2v) is 6.18. The number of anilines is 1. The van der Waals surface area contributed by atoms with Gasteiger partial charge in [-0.25, -0.2) is 19.1 Å². The second-order valence-electron chi connectivity index (χ2n) is 6.18. The van der Waals surface area contributed by atoms with Crippen molar-refractivity contribution in [2.75, 3.05) is 12.3 Å². The van der Waals surface area contributed by atoms with E-state index in [1.54, 1.807) is 26.0 Å².